The van der Waals surface area contributed by atoms with Crippen molar-refractivity contribution in [3.63, 3.8) is 0 Å². The second kappa shape index (κ2) is 5.42. The molecule has 0 saturated carbocycles. The average molecular weight is 284 g/mol. The van der Waals surface area contributed by atoms with Crippen molar-refractivity contribution in [2.45, 2.75) is 13.0 Å². The van der Waals surface area contributed by atoms with E-state index in [1.165, 1.54) is 6.20 Å². The fourth-order valence-corrected chi connectivity index (χ4v) is 1.92. The minimum Gasteiger partial charge on any atom is -0.376 e. The zero-order chi connectivity index (χ0) is 13.1. The van der Waals surface area contributed by atoms with E-state index in [9.17, 15) is 4.79 Å². The van der Waals surface area contributed by atoms with Gasteiger partial charge in [0, 0.05) is 11.1 Å². The van der Waals surface area contributed by atoms with E-state index in [4.69, 9.17) is 23.2 Å². The Bertz CT molecular complexity index is 612. The van der Waals surface area contributed by atoms with Gasteiger partial charge in [0.1, 0.15) is 5.02 Å². The molecule has 0 amide bonds. The van der Waals surface area contributed by atoms with E-state index in [0.717, 1.165) is 5.56 Å². The molecule has 0 radical (unpaired) electrons. The first-order chi connectivity index (χ1) is 8.58. The molecule has 1 unspecified atom stereocenters. The van der Waals surface area contributed by atoms with Crippen molar-refractivity contribution in [3.8, 4) is 0 Å². The van der Waals surface area contributed by atoms with E-state index >= 15 is 0 Å². The van der Waals surface area contributed by atoms with Gasteiger partial charge in [0.25, 0.3) is 5.56 Å². The number of halogens is 2. The summed E-state index contributed by atoms with van der Waals surface area (Å²) in [5.41, 5.74) is 1.08. The number of anilines is 1. The van der Waals surface area contributed by atoms with Crippen molar-refractivity contribution in [2.75, 3.05) is 5.32 Å². The van der Waals surface area contributed by atoms with E-state index in [0.29, 0.717) is 10.7 Å². The van der Waals surface area contributed by atoms with Crippen LogP contribution in [0.1, 0.15) is 18.5 Å². The van der Waals surface area contributed by atoms with Crippen molar-refractivity contribution in [3.05, 3.63) is 56.4 Å². The summed E-state index contributed by atoms with van der Waals surface area (Å²) in [4.78, 5) is 11.3. The Morgan fingerprint density at radius 2 is 2.17 bits per heavy atom. The molecule has 2 rings (SSSR count). The number of benzene rings is 1. The topological polar surface area (TPSA) is 57.8 Å². The number of hydrogen-bond acceptors (Lipinski definition) is 3. The normalized spacial score (nSPS) is 12.2. The Balaban J connectivity index is 2.24. The summed E-state index contributed by atoms with van der Waals surface area (Å²) in [6.45, 7) is 1.95. The maximum absolute atomic E-state index is 11.3. The highest BCUT2D eigenvalue weighted by Gasteiger charge is 2.10. The lowest BCUT2D eigenvalue weighted by Crippen LogP contribution is -2.14. The van der Waals surface area contributed by atoms with E-state index in [1.54, 1.807) is 6.07 Å². The third-order valence-corrected chi connectivity index (χ3v) is 3.13. The van der Waals surface area contributed by atoms with Gasteiger partial charge in [-0.3, -0.25) is 4.79 Å². The molecule has 2 aromatic rings. The molecule has 0 fully saturated rings. The number of H-pyrrole nitrogens is 1. The van der Waals surface area contributed by atoms with Gasteiger partial charge in [-0.15, -0.1) is 0 Å². The fourth-order valence-electron chi connectivity index (χ4n) is 1.58. The zero-order valence-electron chi connectivity index (χ0n) is 9.58. The lowest BCUT2D eigenvalue weighted by atomic mass is 10.1. The van der Waals surface area contributed by atoms with Gasteiger partial charge in [0.2, 0.25) is 0 Å². The van der Waals surface area contributed by atoms with Gasteiger partial charge >= 0.3 is 0 Å². The maximum Gasteiger partial charge on any atom is 0.285 e. The first-order valence-electron chi connectivity index (χ1n) is 5.33. The van der Waals surface area contributed by atoms with Crippen LogP contribution in [0, 0.1) is 0 Å². The van der Waals surface area contributed by atoms with Crippen LogP contribution in [0.4, 0.5) is 5.69 Å². The molecule has 18 heavy (non-hydrogen) atoms. The molecule has 0 saturated heterocycles. The minimum absolute atomic E-state index is 0.0372. The van der Waals surface area contributed by atoms with Gasteiger partial charge in [0.05, 0.1) is 11.9 Å². The molecule has 0 aliphatic carbocycles. The predicted molar refractivity (Wildman–Crippen MR) is 73.4 cm³/mol. The van der Waals surface area contributed by atoms with Crippen LogP contribution < -0.4 is 10.9 Å². The van der Waals surface area contributed by atoms with E-state index in [1.807, 2.05) is 25.1 Å². The Morgan fingerprint density at radius 1 is 1.39 bits per heavy atom. The molecule has 0 spiro atoms. The Labute approximate surface area is 114 Å². The summed E-state index contributed by atoms with van der Waals surface area (Å²) < 4.78 is 0. The second-order valence-corrected chi connectivity index (χ2v) is 4.66. The molecule has 1 heterocycles. The molecule has 0 aliphatic heterocycles. The van der Waals surface area contributed by atoms with Crippen molar-refractivity contribution < 1.29 is 0 Å². The molecule has 94 valence electrons. The fraction of sp³-hybridized carbons (Fsp3) is 0.167. The first kappa shape index (κ1) is 12.9. The SMILES string of the molecule is CC(Nc1cn[nH]c(=O)c1Cl)c1cccc(Cl)c1. The standard InChI is InChI=1S/C12H11Cl2N3O/c1-7(8-3-2-4-9(13)5-8)16-10-6-15-17-12(18)11(10)14/h2-7H,1H3,(H2,16,17,18). The van der Waals surface area contributed by atoms with Crippen LogP contribution in [0.15, 0.2) is 35.3 Å². The summed E-state index contributed by atoms with van der Waals surface area (Å²) in [7, 11) is 0. The van der Waals surface area contributed by atoms with Crippen LogP contribution in [-0.2, 0) is 0 Å². The highest BCUT2D eigenvalue weighted by molar-refractivity contribution is 6.33. The Morgan fingerprint density at radius 3 is 2.89 bits per heavy atom. The van der Waals surface area contributed by atoms with Gasteiger partial charge in [-0.05, 0) is 24.6 Å². The summed E-state index contributed by atoms with van der Waals surface area (Å²) in [5, 5.41) is 9.84. The van der Waals surface area contributed by atoms with Gasteiger partial charge in [-0.2, -0.15) is 5.10 Å². The molecular formula is C12H11Cl2N3O. The molecule has 4 nitrogen and oxygen atoms in total. The number of aromatic nitrogens is 2. The molecule has 2 N–H and O–H groups in total. The number of hydrogen-bond donors (Lipinski definition) is 2. The van der Waals surface area contributed by atoms with Crippen LogP contribution in [0.5, 0.6) is 0 Å². The van der Waals surface area contributed by atoms with Gasteiger partial charge in [-0.1, -0.05) is 35.3 Å². The van der Waals surface area contributed by atoms with E-state index in [-0.39, 0.29) is 11.1 Å². The summed E-state index contributed by atoms with van der Waals surface area (Å²) in [5.74, 6) is 0. The molecule has 6 heteroatoms. The number of aromatic amines is 1. The van der Waals surface area contributed by atoms with Gasteiger partial charge < -0.3 is 5.32 Å². The highest BCUT2D eigenvalue weighted by Crippen LogP contribution is 2.23. The molecule has 1 aromatic heterocycles. The quantitative estimate of drug-likeness (QED) is 0.909. The first-order valence-corrected chi connectivity index (χ1v) is 6.08. The minimum atomic E-state index is -0.417. The third kappa shape index (κ3) is 2.83. The molecular weight excluding hydrogens is 273 g/mol. The van der Waals surface area contributed by atoms with Crippen LogP contribution in [0.2, 0.25) is 10.0 Å². The third-order valence-electron chi connectivity index (χ3n) is 2.52. The van der Waals surface area contributed by atoms with Crippen molar-refractivity contribution >= 4 is 28.9 Å². The summed E-state index contributed by atoms with van der Waals surface area (Å²) in [6.07, 6.45) is 1.48. The van der Waals surface area contributed by atoms with E-state index in [2.05, 4.69) is 15.5 Å². The zero-order valence-corrected chi connectivity index (χ0v) is 11.1. The Kier molecular flexibility index (Phi) is 3.89. The summed E-state index contributed by atoms with van der Waals surface area (Å²) in [6, 6.07) is 7.43. The average Bonchev–Trinajstić information content (AvgIpc) is 2.35. The maximum atomic E-state index is 11.3. The lowest BCUT2D eigenvalue weighted by molar-refractivity contribution is 0.875. The Hall–Kier alpha value is -1.52. The largest absolute Gasteiger partial charge is 0.376 e. The van der Waals surface area contributed by atoms with Crippen LogP contribution in [0.25, 0.3) is 0 Å². The van der Waals surface area contributed by atoms with Gasteiger partial charge in [-0.25, -0.2) is 5.10 Å². The number of rotatable bonds is 3. The second-order valence-electron chi connectivity index (χ2n) is 3.85. The monoisotopic (exact) mass is 283 g/mol. The van der Waals surface area contributed by atoms with Crippen molar-refractivity contribution in [1.82, 2.24) is 10.2 Å². The number of nitrogens with zero attached hydrogens (tertiary/aromatic N) is 1. The van der Waals surface area contributed by atoms with Crippen LogP contribution in [-0.4, -0.2) is 10.2 Å². The number of nitrogens with one attached hydrogen (secondary N) is 2. The molecule has 0 aliphatic rings. The molecule has 1 aromatic carbocycles. The van der Waals surface area contributed by atoms with Crippen LogP contribution in [0.3, 0.4) is 0 Å². The smallest absolute Gasteiger partial charge is 0.285 e. The summed E-state index contributed by atoms with van der Waals surface area (Å²) >= 11 is 11.8. The van der Waals surface area contributed by atoms with Crippen molar-refractivity contribution in [2.24, 2.45) is 0 Å². The molecule has 0 bridgehead atoms. The molecule has 1 atom stereocenters. The van der Waals surface area contributed by atoms with E-state index < -0.39 is 5.56 Å². The van der Waals surface area contributed by atoms with Crippen LogP contribution >= 0.6 is 23.2 Å². The lowest BCUT2D eigenvalue weighted by Gasteiger charge is -2.16. The highest BCUT2D eigenvalue weighted by atomic mass is 35.5. The van der Waals surface area contributed by atoms with Gasteiger partial charge in [0.15, 0.2) is 0 Å². The van der Waals surface area contributed by atoms with Crippen molar-refractivity contribution in [1.29, 1.82) is 0 Å². The predicted octanol–water partition coefficient (Wildman–Crippen LogP) is 3.25.